The van der Waals surface area contributed by atoms with Crippen molar-refractivity contribution in [1.82, 2.24) is 15.2 Å². The highest BCUT2D eigenvalue weighted by Gasteiger charge is 2.28. The first-order valence-corrected chi connectivity index (χ1v) is 6.98. The van der Waals surface area contributed by atoms with Gasteiger partial charge >= 0.3 is 0 Å². The van der Waals surface area contributed by atoms with Crippen LogP contribution in [0.2, 0.25) is 0 Å². The van der Waals surface area contributed by atoms with Gasteiger partial charge in [-0.1, -0.05) is 0 Å². The van der Waals surface area contributed by atoms with Crippen molar-refractivity contribution < 1.29 is 9.59 Å². The Hall–Kier alpha value is -2.15. The molecule has 0 saturated carbocycles. The van der Waals surface area contributed by atoms with Crippen LogP contribution in [0.4, 0.5) is 0 Å². The molecule has 1 saturated heterocycles. The number of pyridine rings is 1. The topological polar surface area (TPSA) is 108 Å². The van der Waals surface area contributed by atoms with E-state index in [1.54, 1.807) is 6.92 Å². The molecule has 1 aromatic rings. The standard InChI is InChI=1S/C14H20N4O3/c1-9-6-12(19)11(7-17-9)14(21)18(8-13(15)20)10-2-4-16-5-3-10/h6-7,10,16H,2-5,8H2,1H3,(H2,15,20)(H,17,19). The summed E-state index contributed by atoms with van der Waals surface area (Å²) in [5, 5.41) is 3.20. The molecule has 7 heteroatoms. The van der Waals surface area contributed by atoms with Crippen molar-refractivity contribution in [3.05, 3.63) is 33.7 Å². The Morgan fingerprint density at radius 2 is 2.05 bits per heavy atom. The summed E-state index contributed by atoms with van der Waals surface area (Å²) in [7, 11) is 0. The fraction of sp³-hybridized carbons (Fsp3) is 0.500. The number of carbonyl (C=O) groups is 2. The summed E-state index contributed by atoms with van der Waals surface area (Å²) in [4.78, 5) is 40.1. The van der Waals surface area contributed by atoms with Gasteiger partial charge in [0.25, 0.3) is 5.91 Å². The molecule has 0 aromatic carbocycles. The van der Waals surface area contributed by atoms with Gasteiger partial charge in [-0.25, -0.2) is 0 Å². The van der Waals surface area contributed by atoms with Crippen molar-refractivity contribution in [2.75, 3.05) is 19.6 Å². The molecule has 4 N–H and O–H groups in total. The van der Waals surface area contributed by atoms with Gasteiger partial charge in [-0.15, -0.1) is 0 Å². The summed E-state index contributed by atoms with van der Waals surface area (Å²) in [5.41, 5.74) is 5.62. The number of amides is 2. The van der Waals surface area contributed by atoms with Gasteiger partial charge in [-0.3, -0.25) is 14.4 Å². The minimum absolute atomic E-state index is 0.0420. The second kappa shape index (κ2) is 6.53. The van der Waals surface area contributed by atoms with E-state index < -0.39 is 11.8 Å². The molecule has 0 unspecified atom stereocenters. The monoisotopic (exact) mass is 292 g/mol. The number of aryl methyl sites for hydroxylation is 1. The summed E-state index contributed by atoms with van der Waals surface area (Å²) in [6, 6.07) is 1.30. The fourth-order valence-electron chi connectivity index (χ4n) is 2.55. The summed E-state index contributed by atoms with van der Waals surface area (Å²) < 4.78 is 0. The lowest BCUT2D eigenvalue weighted by molar-refractivity contribution is -0.119. The minimum Gasteiger partial charge on any atom is -0.368 e. The highest BCUT2D eigenvalue weighted by atomic mass is 16.2. The number of aromatic nitrogens is 1. The summed E-state index contributed by atoms with van der Waals surface area (Å²) in [5.74, 6) is -1.02. The Balaban J connectivity index is 2.28. The number of rotatable bonds is 4. The first-order chi connectivity index (χ1) is 9.99. The van der Waals surface area contributed by atoms with Crippen molar-refractivity contribution in [3.8, 4) is 0 Å². The van der Waals surface area contributed by atoms with Crippen LogP contribution in [0.25, 0.3) is 0 Å². The molecule has 0 bridgehead atoms. The highest BCUT2D eigenvalue weighted by Crippen LogP contribution is 2.14. The smallest absolute Gasteiger partial charge is 0.260 e. The Labute approximate surface area is 122 Å². The van der Waals surface area contributed by atoms with Gasteiger partial charge in [0.15, 0.2) is 5.43 Å². The predicted octanol–water partition coefficient (Wildman–Crippen LogP) is -0.637. The molecule has 0 radical (unpaired) electrons. The molecule has 2 rings (SSSR count). The molecule has 1 fully saturated rings. The van der Waals surface area contributed by atoms with Crippen molar-refractivity contribution in [1.29, 1.82) is 0 Å². The van der Waals surface area contributed by atoms with Gasteiger partial charge in [0.05, 0.1) is 6.54 Å². The molecule has 7 nitrogen and oxygen atoms in total. The number of nitrogens with two attached hydrogens (primary N) is 1. The molecule has 0 spiro atoms. The SMILES string of the molecule is Cc1cc(=O)c(C(=O)N(CC(N)=O)C2CCNCC2)c[nH]1. The first-order valence-electron chi connectivity index (χ1n) is 6.98. The van der Waals surface area contributed by atoms with E-state index >= 15 is 0 Å². The van der Waals surface area contributed by atoms with E-state index in [4.69, 9.17) is 5.73 Å². The third-order valence-electron chi connectivity index (χ3n) is 3.62. The van der Waals surface area contributed by atoms with Crippen molar-refractivity contribution in [2.45, 2.75) is 25.8 Å². The number of hydrogen-bond acceptors (Lipinski definition) is 4. The lowest BCUT2D eigenvalue weighted by Crippen LogP contribution is -2.50. The van der Waals surface area contributed by atoms with E-state index in [0.29, 0.717) is 5.69 Å². The third kappa shape index (κ3) is 3.69. The zero-order valence-electron chi connectivity index (χ0n) is 12.0. The molecule has 1 aromatic heterocycles. The number of nitrogens with zero attached hydrogens (tertiary/aromatic N) is 1. The molecular weight excluding hydrogens is 272 g/mol. The van der Waals surface area contributed by atoms with Crippen LogP contribution in [0.5, 0.6) is 0 Å². The molecule has 0 aliphatic carbocycles. The zero-order valence-corrected chi connectivity index (χ0v) is 12.0. The van der Waals surface area contributed by atoms with Crippen LogP contribution >= 0.6 is 0 Å². The van der Waals surface area contributed by atoms with Crippen LogP contribution in [0, 0.1) is 6.92 Å². The van der Waals surface area contributed by atoms with Gasteiger partial charge < -0.3 is 20.9 Å². The van der Waals surface area contributed by atoms with Gasteiger partial charge in [-0.05, 0) is 32.9 Å². The molecule has 0 atom stereocenters. The number of H-pyrrole nitrogens is 1. The van der Waals surface area contributed by atoms with Gasteiger partial charge in [0.2, 0.25) is 5.91 Å². The van der Waals surface area contributed by atoms with E-state index in [1.807, 2.05) is 0 Å². The molecule has 2 heterocycles. The molecule has 2 amide bonds. The lowest BCUT2D eigenvalue weighted by Gasteiger charge is -2.33. The average Bonchev–Trinajstić information content (AvgIpc) is 2.45. The zero-order chi connectivity index (χ0) is 15.4. The quantitative estimate of drug-likeness (QED) is 0.686. The molecule has 114 valence electrons. The largest absolute Gasteiger partial charge is 0.368 e. The maximum atomic E-state index is 12.6. The third-order valence-corrected chi connectivity index (χ3v) is 3.62. The number of carbonyl (C=O) groups excluding carboxylic acids is 2. The Morgan fingerprint density at radius 3 is 2.62 bits per heavy atom. The van der Waals surface area contributed by atoms with Gasteiger partial charge in [-0.2, -0.15) is 0 Å². The number of piperidine rings is 1. The molecule has 1 aliphatic rings. The van der Waals surface area contributed by atoms with Crippen LogP contribution < -0.4 is 16.5 Å². The Kier molecular flexibility index (Phi) is 4.74. The van der Waals surface area contributed by atoms with Crippen molar-refractivity contribution in [3.63, 3.8) is 0 Å². The number of primary amides is 1. The Bertz CT molecular complexity index is 590. The highest BCUT2D eigenvalue weighted by molar-refractivity contribution is 5.96. The minimum atomic E-state index is -0.578. The molecule has 1 aliphatic heterocycles. The van der Waals surface area contributed by atoms with Crippen molar-refractivity contribution in [2.24, 2.45) is 5.73 Å². The van der Waals surface area contributed by atoms with E-state index in [1.165, 1.54) is 17.2 Å². The summed E-state index contributed by atoms with van der Waals surface area (Å²) >= 11 is 0. The number of nitrogens with one attached hydrogen (secondary N) is 2. The van der Waals surface area contributed by atoms with Crippen LogP contribution in [0.3, 0.4) is 0 Å². The Morgan fingerprint density at radius 1 is 1.38 bits per heavy atom. The lowest BCUT2D eigenvalue weighted by atomic mass is 10.0. The maximum Gasteiger partial charge on any atom is 0.260 e. The van der Waals surface area contributed by atoms with Gasteiger partial charge in [0, 0.05) is 24.0 Å². The average molecular weight is 292 g/mol. The molecular formula is C14H20N4O3. The van der Waals surface area contributed by atoms with E-state index in [9.17, 15) is 14.4 Å². The maximum absolute atomic E-state index is 12.6. The second-order valence-corrected chi connectivity index (χ2v) is 5.27. The van der Waals surface area contributed by atoms with E-state index in [-0.39, 0.29) is 23.6 Å². The molecule has 21 heavy (non-hydrogen) atoms. The van der Waals surface area contributed by atoms with Crippen LogP contribution in [0.15, 0.2) is 17.1 Å². The van der Waals surface area contributed by atoms with E-state index in [0.717, 1.165) is 25.9 Å². The fourth-order valence-corrected chi connectivity index (χ4v) is 2.55. The predicted molar refractivity (Wildman–Crippen MR) is 77.9 cm³/mol. The normalized spacial score (nSPS) is 15.7. The summed E-state index contributed by atoms with van der Waals surface area (Å²) in [6.45, 7) is 3.12. The second-order valence-electron chi connectivity index (χ2n) is 5.27. The first kappa shape index (κ1) is 15.2. The number of aromatic amines is 1. The summed E-state index contributed by atoms with van der Waals surface area (Å²) in [6.07, 6.45) is 2.88. The van der Waals surface area contributed by atoms with E-state index in [2.05, 4.69) is 10.3 Å². The van der Waals surface area contributed by atoms with Gasteiger partial charge in [0.1, 0.15) is 5.56 Å². The van der Waals surface area contributed by atoms with Crippen molar-refractivity contribution >= 4 is 11.8 Å². The van der Waals surface area contributed by atoms with Crippen LogP contribution in [0.1, 0.15) is 28.9 Å². The number of hydrogen-bond donors (Lipinski definition) is 3. The van der Waals surface area contributed by atoms with Crippen LogP contribution in [-0.4, -0.2) is 47.4 Å². The van der Waals surface area contributed by atoms with Crippen LogP contribution in [-0.2, 0) is 4.79 Å².